The van der Waals surface area contributed by atoms with Crippen molar-refractivity contribution in [3.8, 4) is 17.2 Å². The van der Waals surface area contributed by atoms with Gasteiger partial charge in [0.25, 0.3) is 0 Å². The van der Waals surface area contributed by atoms with Gasteiger partial charge in [-0.2, -0.15) is 0 Å². The van der Waals surface area contributed by atoms with E-state index in [2.05, 4.69) is 4.89 Å². The molecule has 0 bridgehead atoms. The van der Waals surface area contributed by atoms with Crippen LogP contribution in [0.25, 0.3) is 10.8 Å². The Labute approximate surface area is 207 Å². The number of ether oxygens (including phenoxy) is 2. The van der Waals surface area contributed by atoms with Gasteiger partial charge in [-0.25, -0.2) is 14.5 Å². The van der Waals surface area contributed by atoms with Crippen LogP contribution in [0.1, 0.15) is 37.4 Å². The average Bonchev–Trinajstić information content (AvgIpc) is 2.88. The zero-order chi connectivity index (χ0) is 26.2. The van der Waals surface area contributed by atoms with E-state index >= 15 is 0 Å². The quantitative estimate of drug-likeness (QED) is 0.141. The molecule has 8 heteroatoms. The molecule has 0 saturated carbocycles. The lowest BCUT2D eigenvalue weighted by Crippen LogP contribution is -2.14. The number of hydrogen-bond acceptors (Lipinski definition) is 7. The first-order valence-electron chi connectivity index (χ1n) is 10.8. The SMILES string of the molecule is C=O.Cc1ccc(Oc2ccc(OC(=O)c3ccc(C)cc3C(=O)O)c3ccccc23)c(COO)c1. The number of carboxylic acid groups (broad SMARTS) is 1. The molecule has 0 unspecified atom stereocenters. The lowest BCUT2D eigenvalue weighted by molar-refractivity contribution is -0.253. The van der Waals surface area contributed by atoms with E-state index < -0.39 is 11.9 Å². The molecule has 0 aliphatic heterocycles. The molecule has 4 aromatic carbocycles. The van der Waals surface area contributed by atoms with Crippen molar-refractivity contribution in [3.05, 3.63) is 101 Å². The van der Waals surface area contributed by atoms with Crippen molar-refractivity contribution in [1.82, 2.24) is 0 Å². The highest BCUT2D eigenvalue weighted by molar-refractivity contribution is 6.04. The summed E-state index contributed by atoms with van der Waals surface area (Å²) in [6.07, 6.45) is 0. The van der Waals surface area contributed by atoms with Crippen molar-refractivity contribution in [3.63, 3.8) is 0 Å². The summed E-state index contributed by atoms with van der Waals surface area (Å²) in [4.78, 5) is 36.8. The Hall–Kier alpha value is -4.53. The summed E-state index contributed by atoms with van der Waals surface area (Å²) in [5, 5.41) is 19.7. The molecule has 0 aromatic heterocycles. The zero-order valence-electron chi connectivity index (χ0n) is 19.7. The highest BCUT2D eigenvalue weighted by Crippen LogP contribution is 2.37. The van der Waals surface area contributed by atoms with Gasteiger partial charge in [-0.15, -0.1) is 0 Å². The number of rotatable bonds is 7. The van der Waals surface area contributed by atoms with Crippen LogP contribution in [0.15, 0.2) is 72.8 Å². The fraction of sp³-hybridized carbons (Fsp3) is 0.107. The molecule has 2 N–H and O–H groups in total. The van der Waals surface area contributed by atoms with Crippen molar-refractivity contribution in [1.29, 1.82) is 0 Å². The van der Waals surface area contributed by atoms with Gasteiger partial charge in [-0.05, 0) is 50.2 Å². The van der Waals surface area contributed by atoms with E-state index in [-0.39, 0.29) is 23.5 Å². The molecule has 0 saturated heterocycles. The van der Waals surface area contributed by atoms with E-state index in [0.29, 0.717) is 27.8 Å². The van der Waals surface area contributed by atoms with E-state index in [1.807, 2.05) is 38.0 Å². The van der Waals surface area contributed by atoms with Crippen LogP contribution in [0.4, 0.5) is 0 Å². The van der Waals surface area contributed by atoms with Gasteiger partial charge < -0.3 is 19.4 Å². The predicted octanol–water partition coefficient (Wildman–Crippen LogP) is 5.97. The molecule has 0 atom stereocenters. The molecule has 4 rings (SSSR count). The molecule has 184 valence electrons. The molecular weight excluding hydrogens is 464 g/mol. The summed E-state index contributed by atoms with van der Waals surface area (Å²) in [5.74, 6) is -0.671. The summed E-state index contributed by atoms with van der Waals surface area (Å²) in [7, 11) is 0. The van der Waals surface area contributed by atoms with Gasteiger partial charge in [0.15, 0.2) is 0 Å². The van der Waals surface area contributed by atoms with Gasteiger partial charge in [-0.1, -0.05) is 47.5 Å². The third-order valence-corrected chi connectivity index (χ3v) is 5.33. The van der Waals surface area contributed by atoms with Crippen LogP contribution < -0.4 is 9.47 Å². The number of carbonyl (C=O) groups is 3. The first kappa shape index (κ1) is 26.1. The van der Waals surface area contributed by atoms with Gasteiger partial charge in [0.1, 0.15) is 30.6 Å². The number of aryl methyl sites for hydroxylation is 2. The monoisotopic (exact) mass is 488 g/mol. The van der Waals surface area contributed by atoms with Gasteiger partial charge in [-0.3, -0.25) is 5.26 Å². The zero-order valence-corrected chi connectivity index (χ0v) is 19.7. The van der Waals surface area contributed by atoms with Crippen LogP contribution in [0, 0.1) is 13.8 Å². The van der Waals surface area contributed by atoms with Crippen molar-refractivity contribution >= 4 is 29.5 Å². The lowest BCUT2D eigenvalue weighted by atomic mass is 10.0. The number of hydrogen-bond donors (Lipinski definition) is 2. The van der Waals surface area contributed by atoms with Crippen LogP contribution in [0.2, 0.25) is 0 Å². The minimum Gasteiger partial charge on any atom is -0.478 e. The first-order valence-corrected chi connectivity index (χ1v) is 10.8. The van der Waals surface area contributed by atoms with E-state index in [4.69, 9.17) is 19.5 Å². The Morgan fingerprint density at radius 3 is 2.03 bits per heavy atom. The maximum Gasteiger partial charge on any atom is 0.344 e. The van der Waals surface area contributed by atoms with Crippen LogP contribution in [-0.4, -0.2) is 29.1 Å². The molecule has 0 heterocycles. The predicted molar refractivity (Wildman–Crippen MR) is 133 cm³/mol. The Kier molecular flexibility index (Phi) is 8.51. The number of esters is 1. The second-order valence-electron chi connectivity index (χ2n) is 7.84. The average molecular weight is 488 g/mol. The maximum atomic E-state index is 12.9. The second kappa shape index (κ2) is 11.7. The minimum atomic E-state index is -1.20. The summed E-state index contributed by atoms with van der Waals surface area (Å²) in [5.41, 5.74) is 2.23. The summed E-state index contributed by atoms with van der Waals surface area (Å²) in [6.45, 7) is 5.64. The standard InChI is InChI=1S/C27H22O7.CH2O/c1-16-8-10-23(18(13-16)15-32-31)33-24-11-12-25(20-6-4-3-5-19(20)24)34-27(30)21-9-7-17(2)14-22(21)26(28)29;1-2/h3-14,31H,15H2,1-2H3,(H,28,29);1H2. The van der Waals surface area contributed by atoms with Gasteiger partial charge in [0, 0.05) is 16.3 Å². The van der Waals surface area contributed by atoms with Crippen molar-refractivity contribution in [2.75, 3.05) is 0 Å². The number of aromatic carboxylic acids is 1. The molecule has 36 heavy (non-hydrogen) atoms. The Balaban J connectivity index is 0.00000176. The third-order valence-electron chi connectivity index (χ3n) is 5.33. The van der Waals surface area contributed by atoms with Crippen molar-refractivity contribution < 1.29 is 39.1 Å². The van der Waals surface area contributed by atoms with Crippen molar-refractivity contribution in [2.45, 2.75) is 20.5 Å². The fourth-order valence-corrected chi connectivity index (χ4v) is 3.70. The Morgan fingerprint density at radius 1 is 0.778 bits per heavy atom. The van der Waals surface area contributed by atoms with Gasteiger partial charge in [0.05, 0.1) is 11.1 Å². The second-order valence-corrected chi connectivity index (χ2v) is 7.84. The van der Waals surface area contributed by atoms with Crippen molar-refractivity contribution in [2.24, 2.45) is 0 Å². The van der Waals surface area contributed by atoms with E-state index in [1.54, 1.807) is 43.3 Å². The van der Waals surface area contributed by atoms with E-state index in [1.165, 1.54) is 12.1 Å². The van der Waals surface area contributed by atoms with Gasteiger partial charge >= 0.3 is 11.9 Å². The normalized spacial score (nSPS) is 10.3. The Morgan fingerprint density at radius 2 is 1.36 bits per heavy atom. The molecule has 0 spiro atoms. The molecule has 0 amide bonds. The van der Waals surface area contributed by atoms with E-state index in [0.717, 1.165) is 11.1 Å². The molecule has 0 aliphatic rings. The molecular formula is C28H24O8. The maximum absolute atomic E-state index is 12.9. The third kappa shape index (κ3) is 5.75. The summed E-state index contributed by atoms with van der Waals surface area (Å²) in [6, 6.07) is 20.6. The molecule has 8 nitrogen and oxygen atoms in total. The first-order chi connectivity index (χ1) is 17.4. The summed E-state index contributed by atoms with van der Waals surface area (Å²) >= 11 is 0. The van der Waals surface area contributed by atoms with E-state index in [9.17, 15) is 14.7 Å². The highest BCUT2D eigenvalue weighted by Gasteiger charge is 2.20. The van der Waals surface area contributed by atoms with Gasteiger partial charge in [0.2, 0.25) is 0 Å². The minimum absolute atomic E-state index is 0.0317. The molecule has 0 aliphatic carbocycles. The topological polar surface area (TPSA) is 119 Å². The number of fused-ring (bicyclic) bond motifs is 1. The fourth-order valence-electron chi connectivity index (χ4n) is 3.70. The molecule has 0 fully saturated rings. The smallest absolute Gasteiger partial charge is 0.344 e. The highest BCUT2D eigenvalue weighted by atomic mass is 17.1. The van der Waals surface area contributed by atoms with Crippen LogP contribution in [-0.2, 0) is 16.3 Å². The number of carbonyl (C=O) groups excluding carboxylic acids is 2. The largest absolute Gasteiger partial charge is 0.478 e. The van der Waals surface area contributed by atoms with Crippen LogP contribution >= 0.6 is 0 Å². The summed E-state index contributed by atoms with van der Waals surface area (Å²) < 4.78 is 11.7. The molecule has 0 radical (unpaired) electrons. The van der Waals surface area contributed by atoms with Crippen LogP contribution in [0.5, 0.6) is 17.2 Å². The number of benzene rings is 4. The lowest BCUT2D eigenvalue weighted by Gasteiger charge is -2.15. The number of carboxylic acids is 1. The van der Waals surface area contributed by atoms with Crippen LogP contribution in [0.3, 0.4) is 0 Å². The molecule has 4 aromatic rings. The Bertz CT molecular complexity index is 1410.